The zero-order valence-corrected chi connectivity index (χ0v) is 12.0. The second-order valence-electron chi connectivity index (χ2n) is 4.10. The Balaban J connectivity index is 2.61. The van der Waals surface area contributed by atoms with Crippen molar-refractivity contribution in [2.24, 2.45) is 0 Å². The number of nitrogen functional groups attached to an aromatic ring is 1. The van der Waals surface area contributed by atoms with Gasteiger partial charge in [0.25, 0.3) is 0 Å². The van der Waals surface area contributed by atoms with Crippen molar-refractivity contribution in [3.05, 3.63) is 39.5 Å². The number of rotatable bonds is 2. The zero-order chi connectivity index (χ0) is 12.6. The molecule has 17 heavy (non-hydrogen) atoms. The quantitative estimate of drug-likeness (QED) is 0.910. The van der Waals surface area contributed by atoms with Gasteiger partial charge < -0.3 is 5.73 Å². The van der Waals surface area contributed by atoms with Gasteiger partial charge in [-0.1, -0.05) is 37.6 Å². The van der Waals surface area contributed by atoms with E-state index < -0.39 is 0 Å². The first kappa shape index (κ1) is 12.5. The Kier molecular flexibility index (Phi) is 3.45. The number of halogens is 2. The van der Waals surface area contributed by atoms with Crippen LogP contribution in [0.5, 0.6) is 0 Å². The second-order valence-corrected chi connectivity index (χ2v) is 5.30. The lowest BCUT2D eigenvalue weighted by molar-refractivity contribution is 0.769. The average Bonchev–Trinajstić information content (AvgIpc) is 2.57. The van der Waals surface area contributed by atoms with Gasteiger partial charge in [-0.3, -0.25) is 0 Å². The highest BCUT2D eigenvalue weighted by molar-refractivity contribution is 9.10. The number of benzene rings is 1. The Bertz CT molecular complexity index is 549. The van der Waals surface area contributed by atoms with Crippen molar-refractivity contribution in [1.82, 2.24) is 9.78 Å². The van der Waals surface area contributed by atoms with Crippen molar-refractivity contribution in [2.45, 2.75) is 19.8 Å². The molecule has 0 atom stereocenters. The van der Waals surface area contributed by atoms with Gasteiger partial charge in [-0.2, -0.15) is 5.10 Å². The summed E-state index contributed by atoms with van der Waals surface area (Å²) in [5.41, 5.74) is 7.76. The minimum Gasteiger partial charge on any atom is -0.383 e. The molecule has 2 rings (SSSR count). The van der Waals surface area contributed by atoms with Crippen molar-refractivity contribution in [1.29, 1.82) is 0 Å². The highest BCUT2D eigenvalue weighted by Gasteiger charge is 2.17. The van der Waals surface area contributed by atoms with Gasteiger partial charge in [-0.25, -0.2) is 4.68 Å². The Morgan fingerprint density at radius 1 is 1.35 bits per heavy atom. The van der Waals surface area contributed by atoms with Crippen LogP contribution in [-0.2, 0) is 0 Å². The normalized spacial score (nSPS) is 11.1. The maximum Gasteiger partial charge on any atom is 0.141 e. The van der Waals surface area contributed by atoms with Gasteiger partial charge in [0.2, 0.25) is 0 Å². The van der Waals surface area contributed by atoms with Gasteiger partial charge in [0.1, 0.15) is 5.82 Å². The summed E-state index contributed by atoms with van der Waals surface area (Å²) in [5.74, 6) is 0.872. The summed E-state index contributed by atoms with van der Waals surface area (Å²) < 4.78 is 2.51. The zero-order valence-electron chi connectivity index (χ0n) is 9.61. The van der Waals surface area contributed by atoms with Crippen LogP contribution in [0.15, 0.2) is 28.7 Å². The molecule has 2 N–H and O–H groups in total. The van der Waals surface area contributed by atoms with Crippen LogP contribution in [0.25, 0.3) is 5.69 Å². The SMILES string of the molecule is CC(C)c1nn(-c2ccccc2Cl)c(N)c1Br. The van der Waals surface area contributed by atoms with Crippen LogP contribution in [0.1, 0.15) is 25.5 Å². The number of nitrogens with two attached hydrogens (primary N) is 1. The highest BCUT2D eigenvalue weighted by Crippen LogP contribution is 2.32. The predicted molar refractivity (Wildman–Crippen MR) is 74.8 cm³/mol. The number of hydrogen-bond donors (Lipinski definition) is 1. The molecule has 0 fully saturated rings. The maximum absolute atomic E-state index is 6.14. The number of nitrogens with zero attached hydrogens (tertiary/aromatic N) is 2. The molecule has 0 saturated heterocycles. The number of para-hydroxylation sites is 1. The molecule has 2 aromatic rings. The highest BCUT2D eigenvalue weighted by atomic mass is 79.9. The molecule has 0 saturated carbocycles. The fourth-order valence-electron chi connectivity index (χ4n) is 1.61. The molecule has 1 aromatic carbocycles. The fourth-order valence-corrected chi connectivity index (χ4v) is 2.53. The standard InChI is InChI=1S/C12H13BrClN3/c1-7(2)11-10(13)12(15)17(16-11)9-6-4-3-5-8(9)14/h3-7H,15H2,1-2H3. The lowest BCUT2D eigenvalue weighted by atomic mass is 10.1. The molecule has 0 spiro atoms. The predicted octanol–water partition coefficient (Wildman–Crippen LogP) is 3.99. The van der Waals surface area contributed by atoms with E-state index in [9.17, 15) is 0 Å². The first-order valence-corrected chi connectivity index (χ1v) is 6.48. The maximum atomic E-state index is 6.14. The molecule has 0 unspecified atom stereocenters. The van der Waals surface area contributed by atoms with Crippen LogP contribution in [0, 0.1) is 0 Å². The molecule has 0 radical (unpaired) electrons. The smallest absolute Gasteiger partial charge is 0.141 e. The summed E-state index contributed by atoms with van der Waals surface area (Å²) in [5, 5.41) is 5.13. The number of aromatic nitrogens is 2. The molecule has 1 heterocycles. The van der Waals surface area contributed by atoms with Gasteiger partial charge >= 0.3 is 0 Å². The van der Waals surface area contributed by atoms with Crippen LogP contribution in [0.2, 0.25) is 5.02 Å². The minimum atomic E-state index is 0.301. The van der Waals surface area contributed by atoms with Crippen molar-refractivity contribution in [3.8, 4) is 5.69 Å². The third-order valence-corrected chi connectivity index (χ3v) is 3.65. The van der Waals surface area contributed by atoms with Gasteiger partial charge in [0, 0.05) is 0 Å². The number of anilines is 1. The monoisotopic (exact) mass is 313 g/mol. The van der Waals surface area contributed by atoms with Gasteiger partial charge in [0.05, 0.1) is 20.9 Å². The van der Waals surface area contributed by atoms with Crippen molar-refractivity contribution >= 4 is 33.3 Å². The van der Waals surface area contributed by atoms with E-state index in [1.54, 1.807) is 4.68 Å². The van der Waals surface area contributed by atoms with E-state index in [-0.39, 0.29) is 0 Å². The topological polar surface area (TPSA) is 43.8 Å². The molecule has 3 nitrogen and oxygen atoms in total. The van der Waals surface area contributed by atoms with Crippen LogP contribution in [0.3, 0.4) is 0 Å². The lowest BCUT2D eigenvalue weighted by Crippen LogP contribution is -2.02. The third-order valence-electron chi connectivity index (χ3n) is 2.51. The minimum absolute atomic E-state index is 0.301. The third kappa shape index (κ3) is 2.19. The summed E-state index contributed by atoms with van der Waals surface area (Å²) in [4.78, 5) is 0. The molecule has 0 amide bonds. The Morgan fingerprint density at radius 2 is 2.00 bits per heavy atom. The summed E-state index contributed by atoms with van der Waals surface area (Å²) >= 11 is 9.61. The van der Waals surface area contributed by atoms with Gasteiger partial charge in [-0.15, -0.1) is 0 Å². The summed E-state index contributed by atoms with van der Waals surface area (Å²) in [6, 6.07) is 7.50. The van der Waals surface area contributed by atoms with E-state index in [1.807, 2.05) is 24.3 Å². The molecule has 0 aliphatic heterocycles. The van der Waals surface area contributed by atoms with Crippen molar-refractivity contribution in [2.75, 3.05) is 5.73 Å². The first-order chi connectivity index (χ1) is 8.02. The summed E-state index contributed by atoms with van der Waals surface area (Å²) in [6.45, 7) is 4.15. The molecule has 0 bridgehead atoms. The first-order valence-electron chi connectivity index (χ1n) is 5.31. The van der Waals surface area contributed by atoms with Crippen LogP contribution in [-0.4, -0.2) is 9.78 Å². The van der Waals surface area contributed by atoms with Crippen molar-refractivity contribution in [3.63, 3.8) is 0 Å². The molecule has 90 valence electrons. The molecule has 1 aromatic heterocycles. The average molecular weight is 315 g/mol. The van der Waals surface area contributed by atoms with Gasteiger partial charge in [0.15, 0.2) is 0 Å². The van der Waals surface area contributed by atoms with Gasteiger partial charge in [-0.05, 0) is 34.0 Å². The summed E-state index contributed by atoms with van der Waals surface area (Å²) in [7, 11) is 0. The fraction of sp³-hybridized carbons (Fsp3) is 0.250. The van der Waals surface area contributed by atoms with Crippen LogP contribution < -0.4 is 5.73 Å². The summed E-state index contributed by atoms with van der Waals surface area (Å²) in [6.07, 6.45) is 0. The molecule has 5 heteroatoms. The van der Waals surface area contributed by atoms with E-state index in [0.29, 0.717) is 16.8 Å². The Morgan fingerprint density at radius 3 is 2.53 bits per heavy atom. The van der Waals surface area contributed by atoms with E-state index >= 15 is 0 Å². The van der Waals surface area contributed by atoms with Crippen molar-refractivity contribution < 1.29 is 0 Å². The molecule has 0 aliphatic carbocycles. The Hall–Kier alpha value is -1.00. The lowest BCUT2D eigenvalue weighted by Gasteiger charge is -2.05. The van der Waals surface area contributed by atoms with E-state index in [2.05, 4.69) is 34.9 Å². The van der Waals surface area contributed by atoms with Crippen LogP contribution in [0.4, 0.5) is 5.82 Å². The largest absolute Gasteiger partial charge is 0.383 e. The number of hydrogen-bond acceptors (Lipinski definition) is 2. The molecule has 0 aliphatic rings. The van der Waals surface area contributed by atoms with E-state index in [0.717, 1.165) is 15.9 Å². The Labute approximate surface area is 114 Å². The van der Waals surface area contributed by atoms with Crippen LogP contribution >= 0.6 is 27.5 Å². The molecular weight excluding hydrogens is 302 g/mol. The second kappa shape index (κ2) is 4.70. The van der Waals surface area contributed by atoms with E-state index in [1.165, 1.54) is 0 Å². The van der Waals surface area contributed by atoms with E-state index in [4.69, 9.17) is 17.3 Å². The molecular formula is C12H13BrClN3.